The molecule has 1 aliphatic heterocycles. The molecule has 0 amide bonds. The third-order valence-corrected chi connectivity index (χ3v) is 3.60. The Morgan fingerprint density at radius 1 is 1.45 bits per heavy atom. The van der Waals surface area contributed by atoms with E-state index in [2.05, 4.69) is 39.3 Å². The molecule has 0 aliphatic carbocycles. The molecule has 2 unspecified atom stereocenters. The van der Waals surface area contributed by atoms with Crippen LogP contribution in [0, 0.1) is 5.92 Å². The standard InChI is InChI=1S/C13H19N5O2/c1-7(2)11(19-3)12-17-13(20-18-12)9-4-8-10(5-14-9)16-6-15-8/h6-7,9,11,14H,4-5H2,1-3H3,(H,15,16). The van der Waals surface area contributed by atoms with Gasteiger partial charge >= 0.3 is 0 Å². The lowest BCUT2D eigenvalue weighted by Gasteiger charge is -2.19. The zero-order valence-electron chi connectivity index (χ0n) is 11.9. The fraction of sp³-hybridized carbons (Fsp3) is 0.615. The summed E-state index contributed by atoms with van der Waals surface area (Å²) in [6, 6.07) is 0.0109. The first kappa shape index (κ1) is 13.3. The Hall–Kier alpha value is -1.73. The van der Waals surface area contributed by atoms with Crippen molar-refractivity contribution in [3.05, 3.63) is 29.4 Å². The molecule has 3 heterocycles. The summed E-state index contributed by atoms with van der Waals surface area (Å²) >= 11 is 0. The van der Waals surface area contributed by atoms with Crippen molar-refractivity contribution < 1.29 is 9.26 Å². The van der Waals surface area contributed by atoms with Gasteiger partial charge in [-0.15, -0.1) is 0 Å². The molecule has 0 saturated heterocycles. The largest absolute Gasteiger partial charge is 0.373 e. The first-order valence-electron chi connectivity index (χ1n) is 6.79. The molecule has 0 saturated carbocycles. The smallest absolute Gasteiger partial charge is 0.244 e. The molecule has 108 valence electrons. The highest BCUT2D eigenvalue weighted by atomic mass is 16.5. The van der Waals surface area contributed by atoms with Crippen LogP contribution in [0.1, 0.15) is 49.1 Å². The lowest BCUT2D eigenvalue weighted by Crippen LogP contribution is -2.29. The number of nitrogens with one attached hydrogen (secondary N) is 2. The molecule has 20 heavy (non-hydrogen) atoms. The van der Waals surface area contributed by atoms with Gasteiger partial charge in [-0.3, -0.25) is 5.32 Å². The molecule has 7 nitrogen and oxygen atoms in total. The minimum Gasteiger partial charge on any atom is -0.373 e. The Morgan fingerprint density at radius 3 is 3.05 bits per heavy atom. The monoisotopic (exact) mass is 277 g/mol. The van der Waals surface area contributed by atoms with Gasteiger partial charge < -0.3 is 14.2 Å². The molecule has 2 aromatic heterocycles. The number of fused-ring (bicyclic) bond motifs is 1. The van der Waals surface area contributed by atoms with Gasteiger partial charge in [0, 0.05) is 20.1 Å². The lowest BCUT2D eigenvalue weighted by molar-refractivity contribution is 0.0555. The van der Waals surface area contributed by atoms with Crippen LogP contribution in [0.15, 0.2) is 10.9 Å². The summed E-state index contributed by atoms with van der Waals surface area (Å²) < 4.78 is 10.8. The Morgan fingerprint density at radius 2 is 2.30 bits per heavy atom. The maximum atomic E-state index is 5.42. The second kappa shape index (κ2) is 5.34. The fourth-order valence-corrected chi connectivity index (χ4v) is 2.52. The van der Waals surface area contributed by atoms with Gasteiger partial charge in [0.2, 0.25) is 11.7 Å². The predicted molar refractivity (Wildman–Crippen MR) is 70.8 cm³/mol. The Labute approximate surface area is 117 Å². The van der Waals surface area contributed by atoms with Gasteiger partial charge in [0.25, 0.3) is 0 Å². The number of ether oxygens (including phenoxy) is 1. The number of aromatic amines is 1. The van der Waals surface area contributed by atoms with E-state index in [1.807, 2.05) is 0 Å². The first-order chi connectivity index (χ1) is 9.69. The molecular formula is C13H19N5O2. The molecule has 0 aromatic carbocycles. The van der Waals surface area contributed by atoms with E-state index in [1.54, 1.807) is 13.4 Å². The molecule has 0 radical (unpaired) electrons. The number of imidazole rings is 1. The molecule has 0 spiro atoms. The van der Waals surface area contributed by atoms with E-state index in [0.29, 0.717) is 17.6 Å². The Kier molecular flexibility index (Phi) is 3.54. The van der Waals surface area contributed by atoms with Crippen LogP contribution < -0.4 is 5.32 Å². The van der Waals surface area contributed by atoms with Gasteiger partial charge in [-0.05, 0) is 5.92 Å². The second-order valence-electron chi connectivity index (χ2n) is 5.36. The maximum absolute atomic E-state index is 5.42. The Bertz CT molecular complexity index is 577. The summed E-state index contributed by atoms with van der Waals surface area (Å²) in [6.45, 7) is 4.87. The average molecular weight is 277 g/mol. The molecule has 2 aromatic rings. The number of methoxy groups -OCH3 is 1. The van der Waals surface area contributed by atoms with Gasteiger partial charge in [0.15, 0.2) is 0 Å². The summed E-state index contributed by atoms with van der Waals surface area (Å²) in [5.74, 6) is 1.49. The zero-order valence-corrected chi connectivity index (χ0v) is 11.9. The first-order valence-corrected chi connectivity index (χ1v) is 6.79. The van der Waals surface area contributed by atoms with E-state index in [9.17, 15) is 0 Å². The van der Waals surface area contributed by atoms with Crippen LogP contribution in [-0.2, 0) is 17.7 Å². The third kappa shape index (κ3) is 2.34. The van der Waals surface area contributed by atoms with Crippen molar-refractivity contribution in [2.75, 3.05) is 7.11 Å². The lowest BCUT2D eigenvalue weighted by atomic mass is 10.1. The molecule has 0 bridgehead atoms. The summed E-state index contributed by atoms with van der Waals surface area (Å²) in [5, 5.41) is 7.42. The fourth-order valence-electron chi connectivity index (χ4n) is 2.52. The topological polar surface area (TPSA) is 88.9 Å². The third-order valence-electron chi connectivity index (χ3n) is 3.60. The van der Waals surface area contributed by atoms with Crippen LogP contribution >= 0.6 is 0 Å². The van der Waals surface area contributed by atoms with Crippen LogP contribution in [0.4, 0.5) is 0 Å². The van der Waals surface area contributed by atoms with Crippen molar-refractivity contribution in [3.8, 4) is 0 Å². The number of nitrogens with zero attached hydrogens (tertiary/aromatic N) is 3. The van der Waals surface area contributed by atoms with Crippen LogP contribution in [0.3, 0.4) is 0 Å². The molecule has 2 atom stereocenters. The maximum Gasteiger partial charge on any atom is 0.244 e. The quantitative estimate of drug-likeness (QED) is 0.881. The zero-order chi connectivity index (χ0) is 14.1. The van der Waals surface area contributed by atoms with Crippen molar-refractivity contribution in [1.29, 1.82) is 0 Å². The van der Waals surface area contributed by atoms with Crippen LogP contribution in [0.5, 0.6) is 0 Å². The molecule has 7 heteroatoms. The molecule has 3 rings (SSSR count). The number of hydrogen-bond donors (Lipinski definition) is 2. The minimum atomic E-state index is -0.142. The van der Waals surface area contributed by atoms with Gasteiger partial charge in [-0.2, -0.15) is 4.98 Å². The van der Waals surface area contributed by atoms with E-state index < -0.39 is 0 Å². The van der Waals surface area contributed by atoms with Crippen molar-refractivity contribution >= 4 is 0 Å². The average Bonchev–Trinajstić information content (AvgIpc) is 3.06. The van der Waals surface area contributed by atoms with Crippen LogP contribution in [-0.4, -0.2) is 27.2 Å². The normalized spacial score (nSPS) is 20.1. The minimum absolute atomic E-state index is 0.0109. The van der Waals surface area contributed by atoms with E-state index in [0.717, 1.165) is 24.4 Å². The molecule has 1 aliphatic rings. The number of hydrogen-bond acceptors (Lipinski definition) is 6. The van der Waals surface area contributed by atoms with E-state index in [1.165, 1.54) is 0 Å². The van der Waals surface area contributed by atoms with E-state index in [4.69, 9.17) is 9.26 Å². The van der Waals surface area contributed by atoms with Crippen LogP contribution in [0.25, 0.3) is 0 Å². The van der Waals surface area contributed by atoms with Gasteiger partial charge in [-0.1, -0.05) is 19.0 Å². The van der Waals surface area contributed by atoms with E-state index >= 15 is 0 Å². The molecular weight excluding hydrogens is 258 g/mol. The van der Waals surface area contributed by atoms with Gasteiger partial charge in [0.05, 0.1) is 23.8 Å². The van der Waals surface area contributed by atoms with E-state index in [-0.39, 0.29) is 12.1 Å². The predicted octanol–water partition coefficient (Wildman–Crippen LogP) is 1.52. The molecule has 0 fully saturated rings. The number of aromatic nitrogens is 4. The summed E-state index contributed by atoms with van der Waals surface area (Å²) in [6.07, 6.45) is 2.32. The van der Waals surface area contributed by atoms with Gasteiger partial charge in [-0.25, -0.2) is 4.98 Å². The highest BCUT2D eigenvalue weighted by Gasteiger charge is 2.28. The summed E-state index contributed by atoms with van der Waals surface area (Å²) in [7, 11) is 1.66. The molecule has 2 N–H and O–H groups in total. The van der Waals surface area contributed by atoms with Crippen molar-refractivity contribution in [1.82, 2.24) is 25.4 Å². The second-order valence-corrected chi connectivity index (χ2v) is 5.36. The Balaban J connectivity index is 1.78. The number of rotatable bonds is 4. The number of H-pyrrole nitrogens is 1. The highest BCUT2D eigenvalue weighted by Crippen LogP contribution is 2.26. The van der Waals surface area contributed by atoms with Crippen molar-refractivity contribution in [2.45, 2.75) is 39.0 Å². The van der Waals surface area contributed by atoms with Crippen molar-refractivity contribution in [2.24, 2.45) is 5.92 Å². The van der Waals surface area contributed by atoms with Gasteiger partial charge in [0.1, 0.15) is 6.10 Å². The van der Waals surface area contributed by atoms with Crippen molar-refractivity contribution in [3.63, 3.8) is 0 Å². The van der Waals surface area contributed by atoms with Crippen LogP contribution in [0.2, 0.25) is 0 Å². The SMILES string of the molecule is COC(c1noc(C2Cc3nc[nH]c3CN2)n1)C(C)C. The summed E-state index contributed by atoms with van der Waals surface area (Å²) in [5.41, 5.74) is 2.18. The summed E-state index contributed by atoms with van der Waals surface area (Å²) in [4.78, 5) is 11.9. The highest BCUT2D eigenvalue weighted by molar-refractivity contribution is 5.17.